The van der Waals surface area contributed by atoms with E-state index in [0.717, 1.165) is 63.2 Å². The summed E-state index contributed by atoms with van der Waals surface area (Å²) in [4.78, 5) is 12.4. The Morgan fingerprint density at radius 1 is 1.04 bits per heavy atom. The van der Waals surface area contributed by atoms with E-state index in [-0.39, 0.29) is 18.0 Å². The highest BCUT2D eigenvalue weighted by Gasteiger charge is 2.30. The predicted octanol–water partition coefficient (Wildman–Crippen LogP) is 5.55. The van der Waals surface area contributed by atoms with Gasteiger partial charge in [-0.05, 0) is 76.0 Å². The molecule has 2 saturated carbocycles. The first-order valence-corrected chi connectivity index (χ1v) is 9.98. The summed E-state index contributed by atoms with van der Waals surface area (Å²) in [5.74, 6) is 1.80. The van der Waals surface area contributed by atoms with Gasteiger partial charge in [0, 0.05) is 6.08 Å². The lowest BCUT2D eigenvalue weighted by Gasteiger charge is -2.31. The highest BCUT2D eigenvalue weighted by atomic mass is 16.5. The van der Waals surface area contributed by atoms with E-state index in [0.29, 0.717) is 0 Å². The molecular weight excluding hydrogens is 298 g/mol. The van der Waals surface area contributed by atoms with Crippen molar-refractivity contribution in [2.75, 3.05) is 0 Å². The molecule has 0 N–H and O–H groups in total. The van der Waals surface area contributed by atoms with Gasteiger partial charge in [0.1, 0.15) is 6.10 Å². The van der Waals surface area contributed by atoms with Crippen LogP contribution in [0.5, 0.6) is 0 Å². The van der Waals surface area contributed by atoms with E-state index in [4.69, 9.17) is 10.00 Å². The molecule has 0 aromatic carbocycles. The van der Waals surface area contributed by atoms with Gasteiger partial charge in [-0.25, -0.2) is 0 Å². The molecule has 2 aliphatic carbocycles. The summed E-state index contributed by atoms with van der Waals surface area (Å²) in [6.45, 7) is 2.25. The molecule has 0 amide bonds. The summed E-state index contributed by atoms with van der Waals surface area (Å²) in [6, 6.07) is 2.04. The van der Waals surface area contributed by atoms with Crippen LogP contribution in [-0.4, -0.2) is 12.1 Å². The minimum atomic E-state index is 0.0744. The minimum Gasteiger partial charge on any atom is -0.462 e. The topological polar surface area (TPSA) is 50.1 Å². The SMILES string of the molecule is CCCC1CCC(C(=O)OC2CCC(CC/C=C/C#N)CC2)CC1. The normalized spacial score (nSPS) is 30.8. The number of esters is 1. The number of ether oxygens (including phenoxy) is 1. The van der Waals surface area contributed by atoms with E-state index in [9.17, 15) is 4.79 Å². The van der Waals surface area contributed by atoms with Crippen LogP contribution in [0, 0.1) is 29.1 Å². The molecule has 0 atom stereocenters. The number of nitriles is 1. The second-order valence-corrected chi connectivity index (χ2v) is 7.69. The zero-order valence-corrected chi connectivity index (χ0v) is 15.2. The predicted molar refractivity (Wildman–Crippen MR) is 96.2 cm³/mol. The molecule has 0 aromatic rings. The van der Waals surface area contributed by atoms with Gasteiger partial charge < -0.3 is 4.74 Å². The molecule has 0 unspecified atom stereocenters. The van der Waals surface area contributed by atoms with Crippen LogP contribution >= 0.6 is 0 Å². The first-order chi connectivity index (χ1) is 11.7. The molecule has 3 nitrogen and oxygen atoms in total. The van der Waals surface area contributed by atoms with Crippen molar-refractivity contribution in [2.24, 2.45) is 17.8 Å². The minimum absolute atomic E-state index is 0.0744. The first-order valence-electron chi connectivity index (χ1n) is 9.98. The Morgan fingerprint density at radius 2 is 1.67 bits per heavy atom. The van der Waals surface area contributed by atoms with Gasteiger partial charge in [-0.3, -0.25) is 4.79 Å². The second-order valence-electron chi connectivity index (χ2n) is 7.69. The molecule has 0 heterocycles. The Bertz CT molecular complexity index is 435. The van der Waals surface area contributed by atoms with Crippen molar-refractivity contribution in [3.05, 3.63) is 12.2 Å². The highest BCUT2D eigenvalue weighted by molar-refractivity contribution is 5.72. The largest absolute Gasteiger partial charge is 0.462 e. The zero-order valence-electron chi connectivity index (χ0n) is 15.2. The number of carbonyl (C=O) groups excluding carboxylic acids is 1. The maximum atomic E-state index is 12.4. The lowest BCUT2D eigenvalue weighted by molar-refractivity contribution is -0.157. The van der Waals surface area contributed by atoms with E-state index < -0.39 is 0 Å². The van der Waals surface area contributed by atoms with Crippen LogP contribution in [-0.2, 0) is 9.53 Å². The molecule has 0 bridgehead atoms. The fourth-order valence-corrected chi connectivity index (χ4v) is 4.36. The lowest BCUT2D eigenvalue weighted by atomic mass is 9.80. The molecule has 0 radical (unpaired) electrons. The van der Waals surface area contributed by atoms with E-state index >= 15 is 0 Å². The van der Waals surface area contributed by atoms with E-state index in [1.807, 2.05) is 12.1 Å². The van der Waals surface area contributed by atoms with Gasteiger partial charge in [0.05, 0.1) is 12.0 Å². The molecule has 3 heteroatoms. The van der Waals surface area contributed by atoms with Crippen LogP contribution in [0.25, 0.3) is 0 Å². The summed E-state index contributed by atoms with van der Waals surface area (Å²) in [6.07, 6.45) is 17.2. The van der Waals surface area contributed by atoms with Crippen LogP contribution in [0.15, 0.2) is 12.2 Å². The van der Waals surface area contributed by atoms with Gasteiger partial charge in [0.15, 0.2) is 0 Å². The quantitative estimate of drug-likeness (QED) is 0.453. The van der Waals surface area contributed by atoms with Gasteiger partial charge in [-0.1, -0.05) is 25.8 Å². The van der Waals surface area contributed by atoms with E-state index in [1.165, 1.54) is 25.7 Å². The Morgan fingerprint density at radius 3 is 2.29 bits per heavy atom. The van der Waals surface area contributed by atoms with Crippen LogP contribution in [0.1, 0.15) is 84.0 Å². The summed E-state index contributed by atoms with van der Waals surface area (Å²) >= 11 is 0. The fraction of sp³-hybridized carbons (Fsp3) is 0.810. The molecular formula is C21H33NO2. The monoisotopic (exact) mass is 331 g/mol. The number of rotatable bonds is 7. The molecule has 2 fully saturated rings. The van der Waals surface area contributed by atoms with Crippen molar-refractivity contribution in [3.8, 4) is 6.07 Å². The maximum Gasteiger partial charge on any atom is 0.309 e. The molecule has 0 aromatic heterocycles. The molecule has 0 spiro atoms. The summed E-state index contributed by atoms with van der Waals surface area (Å²) in [5, 5.41) is 8.49. The number of hydrogen-bond donors (Lipinski definition) is 0. The number of carbonyl (C=O) groups is 1. The summed E-state index contributed by atoms with van der Waals surface area (Å²) in [7, 11) is 0. The average Bonchev–Trinajstić information content (AvgIpc) is 2.61. The number of allylic oxidation sites excluding steroid dienone is 2. The molecule has 0 aliphatic heterocycles. The smallest absolute Gasteiger partial charge is 0.309 e. The second kappa shape index (κ2) is 10.5. The van der Waals surface area contributed by atoms with Gasteiger partial charge in [0.25, 0.3) is 0 Å². The van der Waals surface area contributed by atoms with E-state index in [1.54, 1.807) is 6.08 Å². The van der Waals surface area contributed by atoms with Crippen molar-refractivity contribution < 1.29 is 9.53 Å². The van der Waals surface area contributed by atoms with Gasteiger partial charge in [-0.15, -0.1) is 0 Å². The lowest BCUT2D eigenvalue weighted by Crippen LogP contribution is -2.30. The molecule has 134 valence electrons. The third-order valence-electron chi connectivity index (χ3n) is 5.89. The van der Waals surface area contributed by atoms with Crippen molar-refractivity contribution in [3.63, 3.8) is 0 Å². The fourth-order valence-electron chi connectivity index (χ4n) is 4.36. The van der Waals surface area contributed by atoms with Crippen LogP contribution in [0.4, 0.5) is 0 Å². The van der Waals surface area contributed by atoms with Crippen LogP contribution in [0.3, 0.4) is 0 Å². The van der Waals surface area contributed by atoms with Crippen molar-refractivity contribution in [2.45, 2.75) is 90.1 Å². The van der Waals surface area contributed by atoms with Gasteiger partial charge in [0.2, 0.25) is 0 Å². The van der Waals surface area contributed by atoms with Crippen LogP contribution in [0.2, 0.25) is 0 Å². The van der Waals surface area contributed by atoms with Crippen molar-refractivity contribution in [1.29, 1.82) is 5.26 Å². The Kier molecular flexibility index (Phi) is 8.36. The maximum absolute atomic E-state index is 12.4. The van der Waals surface area contributed by atoms with Gasteiger partial charge >= 0.3 is 5.97 Å². The van der Waals surface area contributed by atoms with Crippen LogP contribution < -0.4 is 0 Å². The van der Waals surface area contributed by atoms with Gasteiger partial charge in [-0.2, -0.15) is 5.26 Å². The Hall–Kier alpha value is -1.30. The Labute approximate surface area is 147 Å². The zero-order chi connectivity index (χ0) is 17.2. The molecule has 0 saturated heterocycles. The number of nitrogens with zero attached hydrogens (tertiary/aromatic N) is 1. The summed E-state index contributed by atoms with van der Waals surface area (Å²) in [5.41, 5.74) is 0. The number of hydrogen-bond acceptors (Lipinski definition) is 3. The highest BCUT2D eigenvalue weighted by Crippen LogP contribution is 2.34. The molecule has 2 aliphatic rings. The summed E-state index contributed by atoms with van der Waals surface area (Å²) < 4.78 is 5.82. The average molecular weight is 332 g/mol. The Balaban J connectivity index is 1.62. The standard InChI is InChI=1S/C21H33NO2/c1-2-6-17-8-12-19(13-9-17)21(23)24-20-14-10-18(11-15-20)7-4-3-5-16-22/h3,5,17-20H,2,4,6-15H2,1H3/b5-3+. The van der Waals surface area contributed by atoms with Crippen molar-refractivity contribution in [1.82, 2.24) is 0 Å². The van der Waals surface area contributed by atoms with Crippen molar-refractivity contribution >= 4 is 5.97 Å². The third kappa shape index (κ3) is 6.30. The van der Waals surface area contributed by atoms with E-state index in [2.05, 4.69) is 6.92 Å². The molecule has 2 rings (SSSR count). The third-order valence-corrected chi connectivity index (χ3v) is 5.89. The molecule has 24 heavy (non-hydrogen) atoms. The first kappa shape index (κ1) is 19.0.